The summed E-state index contributed by atoms with van der Waals surface area (Å²) in [5.41, 5.74) is 15.6. The SMILES string of the molecule is CC1(C)c2cc(N(c3ccc(-c4ccccc4)cc3)c3cccc(-c4ccccc4)c3)ccc2-c2c(-c3nc4ccccc4o3)cccc21. The zero-order chi connectivity index (χ0) is 33.0. The van der Waals surface area contributed by atoms with E-state index in [-0.39, 0.29) is 5.41 Å². The van der Waals surface area contributed by atoms with Crippen molar-refractivity contribution in [3.8, 4) is 44.8 Å². The van der Waals surface area contributed by atoms with E-state index < -0.39 is 0 Å². The number of benzene rings is 7. The molecule has 49 heavy (non-hydrogen) atoms. The smallest absolute Gasteiger partial charge is 0.227 e. The van der Waals surface area contributed by atoms with E-state index in [2.05, 4.69) is 164 Å². The number of anilines is 3. The molecule has 0 N–H and O–H groups in total. The van der Waals surface area contributed by atoms with E-state index in [1.54, 1.807) is 0 Å². The molecular formula is C46H34N2O. The summed E-state index contributed by atoms with van der Waals surface area (Å²) >= 11 is 0. The normalized spacial score (nSPS) is 12.9. The highest BCUT2D eigenvalue weighted by Gasteiger charge is 2.38. The van der Waals surface area contributed by atoms with E-state index in [1.807, 2.05) is 24.3 Å². The molecule has 3 nitrogen and oxygen atoms in total. The summed E-state index contributed by atoms with van der Waals surface area (Å²) in [4.78, 5) is 7.27. The highest BCUT2D eigenvalue weighted by atomic mass is 16.3. The average Bonchev–Trinajstić information content (AvgIpc) is 3.69. The van der Waals surface area contributed by atoms with E-state index in [0.29, 0.717) is 5.89 Å². The molecule has 1 aromatic heterocycles. The van der Waals surface area contributed by atoms with Crippen molar-refractivity contribution in [2.75, 3.05) is 4.90 Å². The molecule has 1 aliphatic carbocycles. The summed E-state index contributed by atoms with van der Waals surface area (Å²) in [6.07, 6.45) is 0. The number of para-hydroxylation sites is 2. The van der Waals surface area contributed by atoms with Crippen LogP contribution in [-0.2, 0) is 5.41 Å². The molecule has 0 saturated heterocycles. The molecule has 0 fully saturated rings. The lowest BCUT2D eigenvalue weighted by molar-refractivity contribution is 0.619. The van der Waals surface area contributed by atoms with Crippen LogP contribution in [0.5, 0.6) is 0 Å². The Balaban J connectivity index is 1.19. The van der Waals surface area contributed by atoms with E-state index >= 15 is 0 Å². The van der Waals surface area contributed by atoms with Gasteiger partial charge in [-0.3, -0.25) is 0 Å². The van der Waals surface area contributed by atoms with Gasteiger partial charge in [0.15, 0.2) is 5.58 Å². The van der Waals surface area contributed by atoms with Crippen LogP contribution in [0, 0.1) is 0 Å². The number of aromatic nitrogens is 1. The monoisotopic (exact) mass is 630 g/mol. The largest absolute Gasteiger partial charge is 0.436 e. The Kier molecular flexibility index (Phi) is 6.80. The fourth-order valence-corrected chi connectivity index (χ4v) is 7.42. The summed E-state index contributed by atoms with van der Waals surface area (Å²) in [7, 11) is 0. The molecule has 0 radical (unpaired) electrons. The van der Waals surface area contributed by atoms with E-state index in [4.69, 9.17) is 9.40 Å². The summed E-state index contributed by atoms with van der Waals surface area (Å²) in [5.74, 6) is 0.656. The van der Waals surface area contributed by atoms with Crippen LogP contribution in [0.25, 0.3) is 55.9 Å². The first-order chi connectivity index (χ1) is 24.0. The third-order valence-electron chi connectivity index (χ3n) is 9.91. The van der Waals surface area contributed by atoms with Crippen molar-refractivity contribution in [3.63, 3.8) is 0 Å². The fourth-order valence-electron chi connectivity index (χ4n) is 7.42. The van der Waals surface area contributed by atoms with Crippen LogP contribution in [-0.4, -0.2) is 4.98 Å². The van der Waals surface area contributed by atoms with Crippen LogP contribution in [0.4, 0.5) is 17.1 Å². The number of rotatable bonds is 6. The first-order valence-electron chi connectivity index (χ1n) is 16.8. The first-order valence-corrected chi connectivity index (χ1v) is 16.8. The number of hydrogen-bond donors (Lipinski definition) is 0. The standard InChI is InChI=1S/C46H34N2O/c1-46(2)40-20-12-19-39(45-47-42-21-9-10-22-43(42)49-45)44(40)38-28-27-37(30-41(38)46)48(35-25-23-33(24-26-35)31-13-5-3-6-14-31)36-18-11-17-34(29-36)32-15-7-4-8-16-32/h3-30H,1-2H3. The van der Waals surface area contributed by atoms with Crippen molar-refractivity contribution >= 4 is 28.2 Å². The Morgan fingerprint density at radius 1 is 0.469 bits per heavy atom. The predicted octanol–water partition coefficient (Wildman–Crippen LogP) is 12.6. The lowest BCUT2D eigenvalue weighted by Gasteiger charge is -2.28. The quantitative estimate of drug-likeness (QED) is 0.183. The Hall–Kier alpha value is -6.19. The summed E-state index contributed by atoms with van der Waals surface area (Å²) < 4.78 is 6.31. The maximum atomic E-state index is 6.31. The van der Waals surface area contributed by atoms with Gasteiger partial charge in [0.2, 0.25) is 5.89 Å². The molecule has 8 aromatic rings. The number of fused-ring (bicyclic) bond motifs is 4. The number of oxazole rings is 1. The average molecular weight is 631 g/mol. The second kappa shape index (κ2) is 11.5. The van der Waals surface area contributed by atoms with Gasteiger partial charge < -0.3 is 9.32 Å². The second-order valence-electron chi connectivity index (χ2n) is 13.2. The molecule has 0 spiro atoms. The van der Waals surface area contributed by atoms with Gasteiger partial charge in [-0.15, -0.1) is 0 Å². The highest BCUT2D eigenvalue weighted by Crippen LogP contribution is 2.53. The van der Waals surface area contributed by atoms with Crippen LogP contribution in [0.2, 0.25) is 0 Å². The minimum Gasteiger partial charge on any atom is -0.436 e. The molecule has 1 aliphatic rings. The number of hydrogen-bond acceptors (Lipinski definition) is 3. The van der Waals surface area contributed by atoms with Gasteiger partial charge in [0.1, 0.15) is 5.52 Å². The van der Waals surface area contributed by atoms with Gasteiger partial charge in [-0.05, 0) is 99.1 Å². The third kappa shape index (κ3) is 4.94. The summed E-state index contributed by atoms with van der Waals surface area (Å²) in [6.45, 7) is 4.65. The summed E-state index contributed by atoms with van der Waals surface area (Å²) in [6, 6.07) is 60.3. The van der Waals surface area contributed by atoms with Gasteiger partial charge >= 0.3 is 0 Å². The molecule has 0 bridgehead atoms. The highest BCUT2D eigenvalue weighted by molar-refractivity contribution is 5.93. The van der Waals surface area contributed by atoms with Gasteiger partial charge in [-0.25, -0.2) is 4.98 Å². The van der Waals surface area contributed by atoms with Crippen LogP contribution in [0.15, 0.2) is 174 Å². The lowest BCUT2D eigenvalue weighted by Crippen LogP contribution is -2.16. The van der Waals surface area contributed by atoms with E-state index in [1.165, 1.54) is 44.5 Å². The van der Waals surface area contributed by atoms with Crippen LogP contribution in [0.3, 0.4) is 0 Å². The van der Waals surface area contributed by atoms with Crippen molar-refractivity contribution in [1.29, 1.82) is 0 Å². The molecule has 0 saturated carbocycles. The molecule has 234 valence electrons. The van der Waals surface area contributed by atoms with Crippen molar-refractivity contribution < 1.29 is 4.42 Å². The van der Waals surface area contributed by atoms with Crippen molar-refractivity contribution in [3.05, 3.63) is 181 Å². The van der Waals surface area contributed by atoms with Gasteiger partial charge in [0.25, 0.3) is 0 Å². The van der Waals surface area contributed by atoms with Gasteiger partial charge in [0.05, 0.1) is 0 Å². The lowest BCUT2D eigenvalue weighted by atomic mass is 9.82. The fraction of sp³-hybridized carbons (Fsp3) is 0.0652. The molecule has 0 atom stereocenters. The van der Waals surface area contributed by atoms with Gasteiger partial charge in [0, 0.05) is 28.0 Å². The van der Waals surface area contributed by atoms with Crippen LogP contribution in [0.1, 0.15) is 25.0 Å². The molecule has 1 heterocycles. The minimum atomic E-state index is -0.225. The Morgan fingerprint density at radius 3 is 1.84 bits per heavy atom. The Morgan fingerprint density at radius 2 is 1.08 bits per heavy atom. The second-order valence-corrected chi connectivity index (χ2v) is 13.2. The zero-order valence-corrected chi connectivity index (χ0v) is 27.5. The van der Waals surface area contributed by atoms with Crippen LogP contribution < -0.4 is 4.90 Å². The topological polar surface area (TPSA) is 29.3 Å². The van der Waals surface area contributed by atoms with Crippen molar-refractivity contribution in [1.82, 2.24) is 4.98 Å². The molecule has 0 amide bonds. The molecule has 0 aliphatic heterocycles. The van der Waals surface area contributed by atoms with Crippen molar-refractivity contribution in [2.45, 2.75) is 19.3 Å². The third-order valence-corrected chi connectivity index (χ3v) is 9.91. The summed E-state index contributed by atoms with van der Waals surface area (Å²) in [5, 5.41) is 0. The predicted molar refractivity (Wildman–Crippen MR) is 203 cm³/mol. The maximum Gasteiger partial charge on any atom is 0.227 e. The van der Waals surface area contributed by atoms with Gasteiger partial charge in [-0.2, -0.15) is 0 Å². The first kappa shape index (κ1) is 29.0. The minimum absolute atomic E-state index is 0.225. The Bertz CT molecular complexity index is 2430. The Labute approximate surface area is 286 Å². The number of nitrogens with zero attached hydrogens (tertiary/aromatic N) is 2. The maximum absolute atomic E-state index is 6.31. The van der Waals surface area contributed by atoms with Crippen molar-refractivity contribution in [2.24, 2.45) is 0 Å². The molecule has 0 unspecified atom stereocenters. The zero-order valence-electron chi connectivity index (χ0n) is 27.5. The van der Waals surface area contributed by atoms with Crippen LogP contribution >= 0.6 is 0 Å². The van der Waals surface area contributed by atoms with E-state index in [9.17, 15) is 0 Å². The molecule has 3 heteroatoms. The molecule has 9 rings (SSSR count). The van der Waals surface area contributed by atoms with E-state index in [0.717, 1.165) is 33.7 Å². The molecule has 7 aromatic carbocycles. The van der Waals surface area contributed by atoms with Gasteiger partial charge in [-0.1, -0.05) is 129 Å². The molecular weight excluding hydrogens is 597 g/mol.